The van der Waals surface area contributed by atoms with Gasteiger partial charge in [0.2, 0.25) is 0 Å². The van der Waals surface area contributed by atoms with Crippen molar-refractivity contribution in [1.82, 2.24) is 10.3 Å². The molecule has 0 saturated carbocycles. The molecule has 0 bridgehead atoms. The summed E-state index contributed by atoms with van der Waals surface area (Å²) in [6.45, 7) is 3.28. The molecule has 0 radical (unpaired) electrons. The van der Waals surface area contributed by atoms with Gasteiger partial charge in [-0.05, 0) is 26.0 Å². The fourth-order valence-electron chi connectivity index (χ4n) is 1.35. The fourth-order valence-corrected chi connectivity index (χ4v) is 1.52. The van der Waals surface area contributed by atoms with E-state index in [4.69, 9.17) is 16.7 Å². The lowest BCUT2D eigenvalue weighted by Gasteiger charge is -2.24. The average molecular weight is 257 g/mol. The molecule has 0 aliphatic rings. The summed E-state index contributed by atoms with van der Waals surface area (Å²) < 4.78 is 0. The zero-order chi connectivity index (χ0) is 13.1. The van der Waals surface area contributed by atoms with Crippen LogP contribution in [0.2, 0.25) is 5.15 Å². The number of carbonyl (C=O) groups is 2. The highest BCUT2D eigenvalue weighted by atomic mass is 35.5. The number of hydrogen-bond donors (Lipinski definition) is 2. The molecule has 0 fully saturated rings. The minimum Gasteiger partial charge on any atom is -0.481 e. The smallest absolute Gasteiger partial charge is 0.305 e. The van der Waals surface area contributed by atoms with Crippen molar-refractivity contribution in [2.45, 2.75) is 25.8 Å². The van der Waals surface area contributed by atoms with Crippen LogP contribution in [0, 0.1) is 0 Å². The molecule has 6 heteroatoms. The number of pyridine rings is 1. The van der Waals surface area contributed by atoms with Crippen molar-refractivity contribution >= 4 is 23.5 Å². The Morgan fingerprint density at radius 1 is 1.53 bits per heavy atom. The van der Waals surface area contributed by atoms with Crippen LogP contribution in [0.15, 0.2) is 18.3 Å². The first kappa shape index (κ1) is 13.4. The molecule has 2 N–H and O–H groups in total. The molecule has 0 unspecified atom stereocenters. The summed E-state index contributed by atoms with van der Waals surface area (Å²) >= 11 is 5.66. The second kappa shape index (κ2) is 5.14. The molecule has 1 aromatic heterocycles. The van der Waals surface area contributed by atoms with Gasteiger partial charge >= 0.3 is 5.97 Å². The van der Waals surface area contributed by atoms with Crippen LogP contribution in [-0.2, 0) is 4.79 Å². The van der Waals surface area contributed by atoms with E-state index in [1.807, 2.05) is 0 Å². The first-order valence-corrected chi connectivity index (χ1v) is 5.34. The molecule has 92 valence electrons. The number of rotatable bonds is 4. The minimum atomic E-state index is -0.969. The Kier molecular flexibility index (Phi) is 4.07. The average Bonchev–Trinajstić information content (AvgIpc) is 2.14. The summed E-state index contributed by atoms with van der Waals surface area (Å²) in [5.74, 6) is -1.34. The van der Waals surface area contributed by atoms with Gasteiger partial charge in [-0.25, -0.2) is 4.98 Å². The summed E-state index contributed by atoms with van der Waals surface area (Å²) in [6, 6.07) is 2.94. The van der Waals surface area contributed by atoms with E-state index in [1.165, 1.54) is 18.3 Å². The zero-order valence-corrected chi connectivity index (χ0v) is 10.3. The molecule has 0 aromatic carbocycles. The molecule has 0 spiro atoms. The van der Waals surface area contributed by atoms with Gasteiger partial charge in [-0.1, -0.05) is 11.6 Å². The molecule has 0 atom stereocenters. The molecule has 1 rings (SSSR count). The van der Waals surface area contributed by atoms with Gasteiger partial charge in [0.1, 0.15) is 5.15 Å². The summed E-state index contributed by atoms with van der Waals surface area (Å²) in [6.07, 6.45) is 1.26. The molecule has 1 heterocycles. The van der Waals surface area contributed by atoms with E-state index in [0.29, 0.717) is 5.56 Å². The van der Waals surface area contributed by atoms with Crippen molar-refractivity contribution in [3.8, 4) is 0 Å². The number of carbonyl (C=O) groups excluding carboxylic acids is 1. The van der Waals surface area contributed by atoms with Crippen molar-refractivity contribution in [3.63, 3.8) is 0 Å². The molecule has 0 aliphatic carbocycles. The van der Waals surface area contributed by atoms with Crippen LogP contribution >= 0.6 is 11.6 Å². The number of nitrogens with one attached hydrogen (secondary N) is 1. The van der Waals surface area contributed by atoms with Gasteiger partial charge in [0.25, 0.3) is 5.91 Å². The minimum absolute atomic E-state index is 0.155. The Hall–Kier alpha value is -1.62. The maximum absolute atomic E-state index is 11.8. The van der Waals surface area contributed by atoms with E-state index in [-0.39, 0.29) is 17.5 Å². The number of hydrogen-bond acceptors (Lipinski definition) is 3. The SMILES string of the molecule is CC(C)(CC(=O)O)NC(=O)c1ccnc(Cl)c1. The van der Waals surface area contributed by atoms with E-state index in [2.05, 4.69) is 10.3 Å². The standard InChI is InChI=1S/C11H13ClN2O3/c1-11(2,6-9(15)16)14-10(17)7-3-4-13-8(12)5-7/h3-5H,6H2,1-2H3,(H,14,17)(H,15,16). The number of carboxylic acids is 1. The summed E-state index contributed by atoms with van der Waals surface area (Å²) in [5, 5.41) is 11.5. The predicted octanol–water partition coefficient (Wildman–Crippen LogP) is 1.72. The van der Waals surface area contributed by atoms with Gasteiger partial charge in [0.05, 0.1) is 6.42 Å². The summed E-state index contributed by atoms with van der Waals surface area (Å²) in [5.41, 5.74) is -0.470. The van der Waals surface area contributed by atoms with Crippen molar-refractivity contribution in [3.05, 3.63) is 29.0 Å². The Morgan fingerprint density at radius 2 is 2.18 bits per heavy atom. The molecule has 5 nitrogen and oxygen atoms in total. The van der Waals surface area contributed by atoms with Crippen molar-refractivity contribution in [2.24, 2.45) is 0 Å². The van der Waals surface area contributed by atoms with E-state index in [9.17, 15) is 9.59 Å². The zero-order valence-electron chi connectivity index (χ0n) is 9.53. The van der Waals surface area contributed by atoms with Crippen molar-refractivity contribution in [1.29, 1.82) is 0 Å². The Bertz CT molecular complexity index is 446. The molecule has 0 saturated heterocycles. The number of aromatic nitrogens is 1. The van der Waals surface area contributed by atoms with Crippen molar-refractivity contribution < 1.29 is 14.7 Å². The number of halogens is 1. The third-order valence-electron chi connectivity index (χ3n) is 2.03. The predicted molar refractivity (Wildman–Crippen MR) is 63.0 cm³/mol. The number of aliphatic carboxylic acids is 1. The largest absolute Gasteiger partial charge is 0.481 e. The molecular weight excluding hydrogens is 244 g/mol. The van der Waals surface area contributed by atoms with Gasteiger partial charge in [-0.2, -0.15) is 0 Å². The van der Waals surface area contributed by atoms with E-state index in [0.717, 1.165) is 0 Å². The first-order valence-electron chi connectivity index (χ1n) is 4.96. The lowest BCUT2D eigenvalue weighted by molar-refractivity contribution is -0.138. The van der Waals surface area contributed by atoms with Crippen molar-refractivity contribution in [2.75, 3.05) is 0 Å². The lowest BCUT2D eigenvalue weighted by atomic mass is 10.0. The Labute approximate surface area is 104 Å². The van der Waals surface area contributed by atoms with Crippen LogP contribution < -0.4 is 5.32 Å². The van der Waals surface area contributed by atoms with Gasteiger partial charge in [0.15, 0.2) is 0 Å². The highest BCUT2D eigenvalue weighted by Gasteiger charge is 2.24. The van der Waals surface area contributed by atoms with E-state index >= 15 is 0 Å². The Morgan fingerprint density at radius 3 is 2.71 bits per heavy atom. The highest BCUT2D eigenvalue weighted by Crippen LogP contribution is 2.12. The van der Waals surface area contributed by atoms with E-state index in [1.54, 1.807) is 13.8 Å². The molecule has 1 aromatic rings. The lowest BCUT2D eigenvalue weighted by Crippen LogP contribution is -2.44. The normalized spacial score (nSPS) is 11.0. The number of carboxylic acid groups (broad SMARTS) is 1. The van der Waals surface area contributed by atoms with E-state index < -0.39 is 11.5 Å². The van der Waals surface area contributed by atoms with Crippen LogP contribution in [0.25, 0.3) is 0 Å². The topological polar surface area (TPSA) is 79.3 Å². The van der Waals surface area contributed by atoms with Crippen LogP contribution in [0.4, 0.5) is 0 Å². The molecule has 17 heavy (non-hydrogen) atoms. The van der Waals surface area contributed by atoms with Gasteiger partial charge in [-0.15, -0.1) is 0 Å². The number of amides is 1. The van der Waals surface area contributed by atoms with Gasteiger partial charge in [-0.3, -0.25) is 9.59 Å². The first-order chi connectivity index (χ1) is 7.80. The van der Waals surface area contributed by atoms with Crippen LogP contribution in [0.3, 0.4) is 0 Å². The fraction of sp³-hybridized carbons (Fsp3) is 0.364. The van der Waals surface area contributed by atoms with Gasteiger partial charge in [0, 0.05) is 17.3 Å². The summed E-state index contributed by atoms with van der Waals surface area (Å²) in [4.78, 5) is 26.2. The molecular formula is C11H13ClN2O3. The summed E-state index contributed by atoms with van der Waals surface area (Å²) in [7, 11) is 0. The molecule has 0 aliphatic heterocycles. The maximum atomic E-state index is 11.8. The second-order valence-electron chi connectivity index (χ2n) is 4.28. The maximum Gasteiger partial charge on any atom is 0.305 e. The number of nitrogens with zero attached hydrogens (tertiary/aromatic N) is 1. The third-order valence-corrected chi connectivity index (χ3v) is 2.24. The van der Waals surface area contributed by atoms with Crippen LogP contribution in [0.1, 0.15) is 30.6 Å². The monoisotopic (exact) mass is 256 g/mol. The van der Waals surface area contributed by atoms with Crippen LogP contribution in [0.5, 0.6) is 0 Å². The quantitative estimate of drug-likeness (QED) is 0.804. The Balaban J connectivity index is 2.75. The van der Waals surface area contributed by atoms with Crippen LogP contribution in [-0.4, -0.2) is 27.5 Å². The second-order valence-corrected chi connectivity index (χ2v) is 4.66. The highest BCUT2D eigenvalue weighted by molar-refractivity contribution is 6.29. The third kappa shape index (κ3) is 4.40. The molecule has 1 amide bonds. The van der Waals surface area contributed by atoms with Gasteiger partial charge < -0.3 is 10.4 Å².